The zero-order chi connectivity index (χ0) is 15.7. The number of unbranched alkanes of at least 4 members (excludes halogenated alkanes) is 3. The first kappa shape index (κ1) is 16.9. The van der Waals surface area contributed by atoms with Gasteiger partial charge in [-0.1, -0.05) is 24.6 Å². The fourth-order valence-electron chi connectivity index (χ4n) is 2.19. The van der Waals surface area contributed by atoms with Crippen molar-refractivity contribution >= 4 is 0 Å². The molecule has 0 spiro atoms. The van der Waals surface area contributed by atoms with Crippen LogP contribution < -0.4 is 0 Å². The molecule has 7 heteroatoms. The Hall–Kier alpha value is -2.18. The van der Waals surface area contributed by atoms with Crippen molar-refractivity contribution < 1.29 is 15.0 Å². The predicted octanol–water partition coefficient (Wildman–Crippen LogP) is 2.81. The summed E-state index contributed by atoms with van der Waals surface area (Å²) in [6.07, 6.45) is 3.25. The minimum atomic E-state index is -0.728. The molecule has 1 aromatic carbocycles. The average molecular weight is 296 g/mol. The zero-order valence-electron chi connectivity index (χ0n) is 11.8. The summed E-state index contributed by atoms with van der Waals surface area (Å²) in [5.74, 6) is 0.0790. The second-order valence-electron chi connectivity index (χ2n) is 5.03. The molecule has 1 N–H and O–H groups in total. The van der Waals surface area contributed by atoms with Gasteiger partial charge in [-0.25, -0.2) is 0 Å². The van der Waals surface area contributed by atoms with Gasteiger partial charge in [-0.3, -0.25) is 20.2 Å². The van der Waals surface area contributed by atoms with Crippen LogP contribution >= 0.6 is 0 Å². The minimum Gasteiger partial charge on any atom is -0.508 e. The molecule has 0 heterocycles. The fourth-order valence-corrected chi connectivity index (χ4v) is 2.19. The van der Waals surface area contributed by atoms with Crippen LogP contribution in [0, 0.1) is 20.2 Å². The molecule has 1 unspecified atom stereocenters. The van der Waals surface area contributed by atoms with E-state index in [1.807, 2.05) is 0 Å². The fraction of sp³-hybridized carbons (Fsp3) is 0.571. The molecule has 116 valence electrons. The third kappa shape index (κ3) is 6.69. The van der Waals surface area contributed by atoms with Crippen LogP contribution in [0.25, 0.3) is 0 Å². The molecule has 1 atom stereocenters. The number of phenols is 1. The maximum atomic E-state index is 11.1. The van der Waals surface area contributed by atoms with Crippen molar-refractivity contribution in [1.29, 1.82) is 0 Å². The molecule has 0 bridgehead atoms. The smallest absolute Gasteiger partial charge is 0.217 e. The van der Waals surface area contributed by atoms with Gasteiger partial charge in [0.2, 0.25) is 12.6 Å². The van der Waals surface area contributed by atoms with E-state index in [-0.39, 0.29) is 28.6 Å². The number of nitro groups is 2. The Labute approximate surface area is 122 Å². The van der Waals surface area contributed by atoms with E-state index in [9.17, 15) is 25.3 Å². The summed E-state index contributed by atoms with van der Waals surface area (Å²) >= 11 is 0. The van der Waals surface area contributed by atoms with E-state index in [1.54, 1.807) is 18.2 Å². The normalized spacial score (nSPS) is 12.0. The van der Waals surface area contributed by atoms with Gasteiger partial charge in [0.05, 0.1) is 0 Å². The van der Waals surface area contributed by atoms with Crippen molar-refractivity contribution in [2.45, 2.75) is 44.6 Å². The number of hydrogen-bond acceptors (Lipinski definition) is 5. The van der Waals surface area contributed by atoms with Gasteiger partial charge in [0.1, 0.15) is 5.75 Å². The topological polar surface area (TPSA) is 107 Å². The van der Waals surface area contributed by atoms with Gasteiger partial charge < -0.3 is 5.11 Å². The highest BCUT2D eigenvalue weighted by molar-refractivity contribution is 5.32. The van der Waals surface area contributed by atoms with Crippen LogP contribution in [0.1, 0.15) is 37.7 Å². The second-order valence-corrected chi connectivity index (χ2v) is 5.03. The number of hydrogen-bond donors (Lipinski definition) is 1. The molecule has 0 aliphatic carbocycles. The van der Waals surface area contributed by atoms with Gasteiger partial charge in [-0.15, -0.1) is 0 Å². The van der Waals surface area contributed by atoms with Crippen LogP contribution in [-0.2, 0) is 6.42 Å². The highest BCUT2D eigenvalue weighted by Gasteiger charge is 2.21. The molecule has 0 aliphatic heterocycles. The van der Waals surface area contributed by atoms with Crippen LogP contribution in [0.4, 0.5) is 0 Å². The summed E-state index contributed by atoms with van der Waals surface area (Å²) in [7, 11) is 0. The van der Waals surface area contributed by atoms with Crippen LogP contribution in [0.2, 0.25) is 0 Å². The van der Waals surface area contributed by atoms with Crippen molar-refractivity contribution in [3.8, 4) is 5.75 Å². The molecule has 21 heavy (non-hydrogen) atoms. The summed E-state index contributed by atoms with van der Waals surface area (Å²) in [5, 5.41) is 30.9. The number of rotatable bonds is 10. The van der Waals surface area contributed by atoms with Crippen LogP contribution in [0.3, 0.4) is 0 Å². The first-order valence-electron chi connectivity index (χ1n) is 7.03. The van der Waals surface area contributed by atoms with Gasteiger partial charge in [0, 0.05) is 34.7 Å². The molecular formula is C14H20N2O5. The molecule has 0 radical (unpaired) electrons. The molecule has 0 saturated carbocycles. The molecule has 0 amide bonds. The average Bonchev–Trinajstić information content (AvgIpc) is 2.42. The Morgan fingerprint density at radius 3 is 2.33 bits per heavy atom. The second kappa shape index (κ2) is 8.89. The standard InChI is InChI=1S/C14H20N2O5/c17-14-9-5-4-7-12(14)11-13(16(20)21)8-3-1-2-6-10-15(18)19/h4-5,7,9,13,17H,1-3,6,8,10-11H2. The van der Waals surface area contributed by atoms with Crippen molar-refractivity contribution in [3.63, 3.8) is 0 Å². The third-order valence-electron chi connectivity index (χ3n) is 3.37. The Kier molecular flexibility index (Phi) is 7.14. The van der Waals surface area contributed by atoms with Gasteiger partial charge in [0.15, 0.2) is 0 Å². The van der Waals surface area contributed by atoms with E-state index in [1.165, 1.54) is 6.07 Å². The number of phenolic OH excluding ortho intramolecular Hbond substituents is 1. The maximum Gasteiger partial charge on any atom is 0.217 e. The first-order valence-corrected chi connectivity index (χ1v) is 7.03. The van der Waals surface area contributed by atoms with Crippen LogP contribution in [-0.4, -0.2) is 27.5 Å². The number of para-hydroxylation sites is 1. The summed E-state index contributed by atoms with van der Waals surface area (Å²) in [6.45, 7) is -0.0451. The van der Waals surface area contributed by atoms with E-state index < -0.39 is 6.04 Å². The van der Waals surface area contributed by atoms with Gasteiger partial charge >= 0.3 is 0 Å². The number of nitrogens with zero attached hydrogens (tertiary/aromatic N) is 2. The Morgan fingerprint density at radius 2 is 1.71 bits per heavy atom. The molecule has 1 rings (SSSR count). The maximum absolute atomic E-state index is 11.1. The molecule has 0 aliphatic rings. The predicted molar refractivity (Wildman–Crippen MR) is 77.5 cm³/mol. The van der Waals surface area contributed by atoms with E-state index in [4.69, 9.17) is 0 Å². The molecule has 0 saturated heterocycles. The summed E-state index contributed by atoms with van der Waals surface area (Å²) in [6, 6.07) is 5.89. The Balaban J connectivity index is 2.36. The largest absolute Gasteiger partial charge is 0.508 e. The summed E-state index contributed by atoms with van der Waals surface area (Å²) < 4.78 is 0. The van der Waals surface area contributed by atoms with Crippen molar-refractivity contribution in [3.05, 3.63) is 50.1 Å². The van der Waals surface area contributed by atoms with Crippen molar-refractivity contribution in [2.75, 3.05) is 6.54 Å². The lowest BCUT2D eigenvalue weighted by molar-refractivity contribution is -0.523. The lowest BCUT2D eigenvalue weighted by Gasteiger charge is -2.10. The lowest BCUT2D eigenvalue weighted by atomic mass is 10.00. The van der Waals surface area contributed by atoms with E-state index >= 15 is 0 Å². The van der Waals surface area contributed by atoms with Crippen LogP contribution in [0.15, 0.2) is 24.3 Å². The summed E-state index contributed by atoms with van der Waals surface area (Å²) in [4.78, 5) is 20.6. The summed E-state index contributed by atoms with van der Waals surface area (Å²) in [5.41, 5.74) is 0.576. The van der Waals surface area contributed by atoms with E-state index in [0.29, 0.717) is 31.2 Å². The Bertz CT molecular complexity index is 478. The molecule has 0 fully saturated rings. The minimum absolute atomic E-state index is 0.0451. The van der Waals surface area contributed by atoms with E-state index in [0.717, 1.165) is 6.42 Å². The Morgan fingerprint density at radius 1 is 1.05 bits per heavy atom. The molecule has 7 nitrogen and oxygen atoms in total. The van der Waals surface area contributed by atoms with Gasteiger partial charge in [-0.05, 0) is 18.9 Å². The molecule has 1 aromatic rings. The van der Waals surface area contributed by atoms with Gasteiger partial charge in [-0.2, -0.15) is 0 Å². The van der Waals surface area contributed by atoms with E-state index in [2.05, 4.69) is 0 Å². The molecule has 0 aromatic heterocycles. The highest BCUT2D eigenvalue weighted by Crippen LogP contribution is 2.20. The monoisotopic (exact) mass is 296 g/mol. The SMILES string of the molecule is O=[N+]([O-])CCCCCCC(Cc1ccccc1O)[N+](=O)[O-]. The first-order chi connectivity index (χ1) is 10.0. The van der Waals surface area contributed by atoms with Gasteiger partial charge in [0.25, 0.3) is 0 Å². The van der Waals surface area contributed by atoms with Crippen molar-refractivity contribution in [1.82, 2.24) is 0 Å². The quantitative estimate of drug-likeness (QED) is 0.406. The van der Waals surface area contributed by atoms with Crippen LogP contribution in [0.5, 0.6) is 5.75 Å². The zero-order valence-corrected chi connectivity index (χ0v) is 11.8. The number of benzene rings is 1. The third-order valence-corrected chi connectivity index (χ3v) is 3.37. The highest BCUT2D eigenvalue weighted by atomic mass is 16.6. The molecular weight excluding hydrogens is 276 g/mol. The lowest BCUT2D eigenvalue weighted by Crippen LogP contribution is -2.22. The van der Waals surface area contributed by atoms with Crippen molar-refractivity contribution in [2.24, 2.45) is 0 Å². The number of aromatic hydroxyl groups is 1.